The Morgan fingerprint density at radius 2 is 2.27 bits per heavy atom. The molecule has 0 saturated heterocycles. The van der Waals surface area contributed by atoms with Crippen molar-refractivity contribution in [3.05, 3.63) is 0 Å². The van der Waals surface area contributed by atoms with Gasteiger partial charge in [-0.25, -0.2) is 9.59 Å². The van der Waals surface area contributed by atoms with Gasteiger partial charge in [-0.05, 0) is 12.1 Å². The molecule has 1 heterocycles. The quantitative estimate of drug-likeness (QED) is 0.750. The summed E-state index contributed by atoms with van der Waals surface area (Å²) in [7, 11) is 1.38. The van der Waals surface area contributed by atoms with Gasteiger partial charge in [0, 0.05) is 18.6 Å². The van der Waals surface area contributed by atoms with Crippen LogP contribution in [0, 0.1) is 0 Å². The van der Waals surface area contributed by atoms with Gasteiger partial charge in [0.1, 0.15) is 6.04 Å². The van der Waals surface area contributed by atoms with E-state index in [0.29, 0.717) is 0 Å². The summed E-state index contributed by atoms with van der Waals surface area (Å²) in [5.74, 6) is -1.08. The number of aliphatic carboxylic acids is 1. The van der Waals surface area contributed by atoms with Crippen LogP contribution in [0.4, 0.5) is 9.93 Å². The maximum Gasteiger partial charge on any atom is 0.326 e. The molecule has 1 aromatic rings. The highest BCUT2D eigenvalue weighted by Crippen LogP contribution is 2.07. The first kappa shape index (κ1) is 11.3. The van der Waals surface area contributed by atoms with Gasteiger partial charge >= 0.3 is 12.0 Å². The lowest BCUT2D eigenvalue weighted by Crippen LogP contribution is -2.42. The summed E-state index contributed by atoms with van der Waals surface area (Å²) in [6.07, 6.45) is 0. The van der Waals surface area contributed by atoms with Crippen molar-refractivity contribution in [3.8, 4) is 0 Å². The summed E-state index contributed by atoms with van der Waals surface area (Å²) in [5, 5.41) is 18.0. The van der Waals surface area contributed by atoms with Gasteiger partial charge in [0.05, 0.1) is 0 Å². The molecule has 8 nitrogen and oxygen atoms in total. The third-order valence-corrected chi connectivity index (χ3v) is 2.28. The van der Waals surface area contributed by atoms with E-state index in [4.69, 9.17) is 5.11 Å². The van der Waals surface area contributed by atoms with Gasteiger partial charge in [-0.2, -0.15) is 0 Å². The maximum absolute atomic E-state index is 11.4. The van der Waals surface area contributed by atoms with Crippen molar-refractivity contribution in [1.29, 1.82) is 0 Å². The molecule has 0 aliphatic rings. The molecule has 82 valence electrons. The lowest BCUT2D eigenvalue weighted by Gasteiger charge is -2.20. The van der Waals surface area contributed by atoms with E-state index in [1.54, 1.807) is 0 Å². The minimum Gasteiger partial charge on any atom is -0.480 e. The van der Waals surface area contributed by atoms with E-state index < -0.39 is 18.0 Å². The summed E-state index contributed by atoms with van der Waals surface area (Å²) >= 11 is 0.911. The number of aromatic nitrogens is 3. The number of rotatable bonds is 3. The smallest absolute Gasteiger partial charge is 0.326 e. The number of nitrogens with zero attached hydrogens (tertiary/aromatic N) is 4. The molecule has 9 heteroatoms. The molecule has 2 N–H and O–H groups in total. The number of carbonyl (C=O) groups is 2. The van der Waals surface area contributed by atoms with Crippen LogP contribution in [-0.2, 0) is 4.79 Å². The van der Waals surface area contributed by atoms with Crippen molar-refractivity contribution < 1.29 is 14.7 Å². The second-order valence-electron chi connectivity index (χ2n) is 2.72. The average Bonchev–Trinajstić information content (AvgIpc) is 2.67. The largest absolute Gasteiger partial charge is 0.480 e. The Morgan fingerprint density at radius 3 is 2.73 bits per heavy atom. The topological polar surface area (TPSA) is 108 Å². The highest BCUT2D eigenvalue weighted by Gasteiger charge is 2.22. The van der Waals surface area contributed by atoms with E-state index in [9.17, 15) is 9.59 Å². The van der Waals surface area contributed by atoms with Crippen LogP contribution in [-0.4, -0.2) is 49.9 Å². The van der Waals surface area contributed by atoms with Gasteiger partial charge in [-0.1, -0.05) is 9.59 Å². The molecule has 0 bridgehead atoms. The first-order valence-corrected chi connectivity index (χ1v) is 4.71. The number of urea groups is 1. The number of anilines is 1. The second-order valence-corrected chi connectivity index (χ2v) is 3.46. The summed E-state index contributed by atoms with van der Waals surface area (Å²) in [5.41, 5.74) is 0. The highest BCUT2D eigenvalue weighted by atomic mass is 32.1. The van der Waals surface area contributed by atoms with E-state index in [-0.39, 0.29) is 5.13 Å². The Balaban J connectivity index is 2.57. The molecule has 0 aliphatic heterocycles. The number of amides is 2. The van der Waals surface area contributed by atoms with E-state index in [2.05, 4.69) is 20.1 Å². The van der Waals surface area contributed by atoms with Gasteiger partial charge in [0.25, 0.3) is 0 Å². The first-order chi connectivity index (χ1) is 7.02. The SMILES string of the molecule is CC(C(=O)O)N(C)C(=O)Nc1nnns1. The number of carbonyl (C=O) groups excluding carboxylic acids is 1. The van der Waals surface area contributed by atoms with Crippen molar-refractivity contribution in [1.82, 2.24) is 19.7 Å². The minimum absolute atomic E-state index is 0.226. The highest BCUT2D eigenvalue weighted by molar-refractivity contribution is 7.09. The number of carboxylic acids is 1. The van der Waals surface area contributed by atoms with Crippen molar-refractivity contribution in [2.75, 3.05) is 12.4 Å². The van der Waals surface area contributed by atoms with Crippen LogP contribution in [0.1, 0.15) is 6.92 Å². The lowest BCUT2D eigenvalue weighted by molar-refractivity contribution is -0.141. The molecule has 1 atom stereocenters. The van der Waals surface area contributed by atoms with E-state index >= 15 is 0 Å². The molecule has 0 aromatic carbocycles. The Kier molecular flexibility index (Phi) is 3.50. The van der Waals surface area contributed by atoms with Crippen molar-refractivity contribution >= 4 is 28.7 Å². The van der Waals surface area contributed by atoms with Crippen LogP contribution in [0.3, 0.4) is 0 Å². The number of hydrogen-bond acceptors (Lipinski definition) is 6. The minimum atomic E-state index is -1.08. The predicted octanol–water partition coefficient (Wildman–Crippen LogP) is -0.130. The monoisotopic (exact) mass is 231 g/mol. The first-order valence-electron chi connectivity index (χ1n) is 3.94. The molecular weight excluding hydrogens is 222 g/mol. The third kappa shape index (κ3) is 2.84. The zero-order valence-electron chi connectivity index (χ0n) is 8.04. The molecule has 0 radical (unpaired) electrons. The average molecular weight is 231 g/mol. The van der Waals surface area contributed by atoms with Crippen LogP contribution in [0.2, 0.25) is 0 Å². The number of nitrogens with one attached hydrogen (secondary N) is 1. The maximum atomic E-state index is 11.4. The molecule has 15 heavy (non-hydrogen) atoms. The van der Waals surface area contributed by atoms with Crippen LogP contribution in [0.5, 0.6) is 0 Å². The molecule has 0 aliphatic carbocycles. The molecule has 0 saturated carbocycles. The zero-order chi connectivity index (χ0) is 11.4. The summed E-state index contributed by atoms with van der Waals surface area (Å²) < 4.78 is 3.45. The van der Waals surface area contributed by atoms with Gasteiger partial charge in [-0.15, -0.1) is 0 Å². The Hall–Kier alpha value is -1.77. The molecule has 1 aromatic heterocycles. The van der Waals surface area contributed by atoms with E-state index in [1.165, 1.54) is 14.0 Å². The predicted molar refractivity (Wildman–Crippen MR) is 51.6 cm³/mol. The van der Waals surface area contributed by atoms with Gasteiger partial charge < -0.3 is 10.0 Å². The van der Waals surface area contributed by atoms with E-state index in [1.807, 2.05) is 0 Å². The van der Waals surface area contributed by atoms with Crippen molar-refractivity contribution in [2.24, 2.45) is 0 Å². The summed E-state index contributed by atoms with van der Waals surface area (Å²) in [4.78, 5) is 23.1. The standard InChI is InChI=1S/C6H9N5O3S/c1-3(4(12)13)11(2)6(14)7-5-8-9-10-15-5/h3H,1-2H3,(H,12,13)(H,7,8,10,14). The number of hydrogen-bond donors (Lipinski definition) is 2. The fourth-order valence-electron chi connectivity index (χ4n) is 0.703. The second kappa shape index (κ2) is 4.64. The molecular formula is C6H9N5O3S. The fraction of sp³-hybridized carbons (Fsp3) is 0.500. The molecule has 0 fully saturated rings. The van der Waals surface area contributed by atoms with Crippen LogP contribution in [0.15, 0.2) is 0 Å². The third-order valence-electron chi connectivity index (χ3n) is 1.77. The van der Waals surface area contributed by atoms with Gasteiger partial charge in [0.15, 0.2) is 0 Å². The van der Waals surface area contributed by atoms with Gasteiger partial charge in [-0.3, -0.25) is 5.32 Å². The van der Waals surface area contributed by atoms with Crippen molar-refractivity contribution in [3.63, 3.8) is 0 Å². The van der Waals surface area contributed by atoms with Gasteiger partial charge in [0.2, 0.25) is 5.13 Å². The Labute approximate surface area is 89.1 Å². The van der Waals surface area contributed by atoms with Crippen LogP contribution >= 0.6 is 11.5 Å². The van der Waals surface area contributed by atoms with Crippen molar-refractivity contribution in [2.45, 2.75) is 13.0 Å². The summed E-state index contributed by atoms with van der Waals surface area (Å²) in [6, 6.07) is -1.48. The zero-order valence-corrected chi connectivity index (χ0v) is 8.85. The Morgan fingerprint density at radius 1 is 1.60 bits per heavy atom. The van der Waals surface area contributed by atoms with Crippen LogP contribution in [0.25, 0.3) is 0 Å². The summed E-state index contributed by atoms with van der Waals surface area (Å²) in [6.45, 7) is 1.40. The van der Waals surface area contributed by atoms with E-state index in [0.717, 1.165) is 16.4 Å². The molecule has 2 amide bonds. The fourth-order valence-corrected chi connectivity index (χ4v) is 1.06. The lowest BCUT2D eigenvalue weighted by atomic mass is 10.3. The normalized spacial score (nSPS) is 11.9. The number of likely N-dealkylation sites (N-methyl/N-ethyl adjacent to an activating group) is 1. The molecule has 1 rings (SSSR count). The number of carboxylic acid groups (broad SMARTS) is 1. The molecule has 0 spiro atoms. The Bertz CT molecular complexity index is 354. The van der Waals surface area contributed by atoms with Crippen LogP contribution < -0.4 is 5.32 Å². The molecule has 1 unspecified atom stereocenters.